The van der Waals surface area contributed by atoms with Gasteiger partial charge in [0, 0.05) is 12.4 Å². The van der Waals surface area contributed by atoms with Gasteiger partial charge in [0.05, 0.1) is 6.33 Å². The van der Waals surface area contributed by atoms with Crippen LogP contribution < -0.4 is 5.32 Å². The Kier molecular flexibility index (Phi) is 3.58. The van der Waals surface area contributed by atoms with E-state index in [1.807, 2.05) is 0 Å². The summed E-state index contributed by atoms with van der Waals surface area (Å²) < 4.78 is 0. The number of nitrogens with zero attached hydrogens (tertiary/aromatic N) is 3. The van der Waals surface area contributed by atoms with Gasteiger partial charge in [-0.25, -0.2) is 15.0 Å². The Morgan fingerprint density at radius 1 is 1.50 bits per heavy atom. The summed E-state index contributed by atoms with van der Waals surface area (Å²) in [5.74, 6) is 0.384. The van der Waals surface area contributed by atoms with Crippen LogP contribution in [-0.4, -0.2) is 37.6 Å². The number of halogens is 1. The molecule has 0 aliphatic carbocycles. The molecule has 0 fully saturated rings. The third kappa shape index (κ3) is 2.42. The Bertz CT molecular complexity index is 502. The molecule has 0 aliphatic heterocycles. The van der Waals surface area contributed by atoms with Gasteiger partial charge >= 0.3 is 0 Å². The molecule has 0 radical (unpaired) electrons. The second-order valence-electron chi connectivity index (χ2n) is 2.79. The van der Waals surface area contributed by atoms with Gasteiger partial charge in [0.2, 0.25) is 0 Å². The number of fused-ring (bicyclic) bond motifs is 1. The summed E-state index contributed by atoms with van der Waals surface area (Å²) in [7, 11) is 0. The van der Waals surface area contributed by atoms with Crippen molar-refractivity contribution in [2.45, 2.75) is 5.03 Å². The summed E-state index contributed by atoms with van der Waals surface area (Å²) in [4.78, 5) is 26.3. The van der Waals surface area contributed by atoms with Crippen LogP contribution in [0.3, 0.4) is 0 Å². The zero-order valence-corrected chi connectivity index (χ0v) is 9.68. The van der Waals surface area contributed by atoms with Crippen LogP contribution in [0.5, 0.6) is 0 Å². The van der Waals surface area contributed by atoms with Crippen molar-refractivity contribution in [3.63, 3.8) is 0 Å². The minimum absolute atomic E-state index is 0.199. The van der Waals surface area contributed by atoms with Crippen molar-refractivity contribution in [1.29, 1.82) is 0 Å². The van der Waals surface area contributed by atoms with Crippen LogP contribution >= 0.6 is 23.4 Å². The van der Waals surface area contributed by atoms with E-state index in [9.17, 15) is 4.79 Å². The average molecular weight is 258 g/mol. The van der Waals surface area contributed by atoms with Crippen molar-refractivity contribution < 1.29 is 4.79 Å². The summed E-state index contributed by atoms with van der Waals surface area (Å²) in [6.45, 7) is 0.435. The van der Waals surface area contributed by atoms with Crippen molar-refractivity contribution in [2.75, 3.05) is 12.4 Å². The van der Waals surface area contributed by atoms with Crippen molar-refractivity contribution >= 4 is 39.8 Å². The third-order valence-corrected chi connectivity index (χ3v) is 2.76. The Labute approximate surface area is 100 Å². The van der Waals surface area contributed by atoms with Gasteiger partial charge in [-0.2, -0.15) is 0 Å². The highest BCUT2D eigenvalue weighted by molar-refractivity contribution is 8.13. The van der Waals surface area contributed by atoms with E-state index in [0.717, 1.165) is 11.8 Å². The van der Waals surface area contributed by atoms with Gasteiger partial charge in [-0.05, 0) is 11.8 Å². The molecule has 2 aromatic heterocycles. The van der Waals surface area contributed by atoms with Crippen molar-refractivity contribution in [3.8, 4) is 0 Å². The van der Waals surface area contributed by atoms with Crippen molar-refractivity contribution in [3.05, 3.63) is 12.7 Å². The Morgan fingerprint density at radius 2 is 2.38 bits per heavy atom. The summed E-state index contributed by atoms with van der Waals surface area (Å²) >= 11 is 6.45. The number of carbonyl (C=O) groups excluding carboxylic acids is 1. The van der Waals surface area contributed by atoms with Gasteiger partial charge in [-0.1, -0.05) is 0 Å². The van der Waals surface area contributed by atoms with E-state index >= 15 is 0 Å². The molecule has 0 spiro atoms. The number of aromatic amines is 1. The summed E-state index contributed by atoms with van der Waals surface area (Å²) in [6, 6.07) is 0. The highest BCUT2D eigenvalue weighted by Crippen LogP contribution is 2.21. The quantitative estimate of drug-likeness (QED) is 0.493. The van der Waals surface area contributed by atoms with E-state index in [1.54, 1.807) is 0 Å². The van der Waals surface area contributed by atoms with Crippen molar-refractivity contribution in [1.82, 2.24) is 25.3 Å². The first kappa shape index (κ1) is 11.2. The fourth-order valence-electron chi connectivity index (χ4n) is 1.09. The lowest BCUT2D eigenvalue weighted by Crippen LogP contribution is -2.20. The molecule has 0 saturated heterocycles. The highest BCUT2D eigenvalue weighted by Gasteiger charge is 2.10. The minimum Gasteiger partial charge on any atom is -0.345 e. The molecule has 0 atom stereocenters. The van der Waals surface area contributed by atoms with Crippen LogP contribution in [0.25, 0.3) is 11.2 Å². The van der Waals surface area contributed by atoms with Crippen LogP contribution in [0.1, 0.15) is 0 Å². The lowest BCUT2D eigenvalue weighted by Gasteiger charge is -2.01. The summed E-state index contributed by atoms with van der Waals surface area (Å²) in [5.41, 5.74) is 1.20. The largest absolute Gasteiger partial charge is 0.345 e. The van der Waals surface area contributed by atoms with Crippen LogP contribution in [0.15, 0.2) is 17.7 Å². The molecule has 2 N–H and O–H groups in total. The lowest BCUT2D eigenvalue weighted by molar-refractivity contribution is 0.261. The van der Waals surface area contributed by atoms with Gasteiger partial charge in [-0.3, -0.25) is 4.79 Å². The third-order valence-electron chi connectivity index (χ3n) is 1.74. The molecule has 16 heavy (non-hydrogen) atoms. The second kappa shape index (κ2) is 5.13. The number of rotatable bonds is 3. The SMILES string of the molecule is O=C(NCCCl)Sc1ncnc2nc[nH]c12. The number of aromatic nitrogens is 4. The van der Waals surface area contributed by atoms with Crippen LogP contribution in [0.2, 0.25) is 0 Å². The number of hydrogen-bond donors (Lipinski definition) is 2. The molecule has 1 amide bonds. The number of imidazole rings is 1. The number of carbonyl (C=O) groups is 1. The number of amides is 1. The van der Waals surface area contributed by atoms with Gasteiger partial charge in [0.15, 0.2) is 5.65 Å². The summed E-state index contributed by atoms with van der Waals surface area (Å²) in [5, 5.41) is 2.99. The van der Waals surface area contributed by atoms with E-state index in [0.29, 0.717) is 28.6 Å². The molecular weight excluding hydrogens is 250 g/mol. The number of thioether (sulfide) groups is 1. The molecule has 6 nitrogen and oxygen atoms in total. The normalized spacial score (nSPS) is 10.6. The lowest BCUT2D eigenvalue weighted by atomic mass is 10.6. The molecule has 2 aromatic rings. The van der Waals surface area contributed by atoms with E-state index in [1.165, 1.54) is 12.7 Å². The first-order chi connectivity index (χ1) is 7.81. The van der Waals surface area contributed by atoms with Crippen molar-refractivity contribution in [2.24, 2.45) is 0 Å². The zero-order chi connectivity index (χ0) is 11.4. The number of hydrogen-bond acceptors (Lipinski definition) is 5. The zero-order valence-electron chi connectivity index (χ0n) is 8.11. The monoisotopic (exact) mass is 257 g/mol. The highest BCUT2D eigenvalue weighted by atomic mass is 35.5. The molecule has 0 unspecified atom stereocenters. The molecule has 0 aromatic carbocycles. The standard InChI is InChI=1S/C8H8ClN5OS/c9-1-2-10-8(15)16-7-5-6(12-3-11-5)13-4-14-7/h3-4H,1-2H2,(H,10,15)(H,11,12,13,14). The number of nitrogens with one attached hydrogen (secondary N) is 2. The van der Waals surface area contributed by atoms with E-state index < -0.39 is 0 Å². The maximum Gasteiger partial charge on any atom is 0.285 e. The smallest absolute Gasteiger partial charge is 0.285 e. The van der Waals surface area contributed by atoms with Crippen LogP contribution in [-0.2, 0) is 0 Å². The second-order valence-corrected chi connectivity index (χ2v) is 4.12. The predicted molar refractivity (Wildman–Crippen MR) is 61.7 cm³/mol. The maximum atomic E-state index is 11.4. The molecule has 84 valence electrons. The van der Waals surface area contributed by atoms with E-state index in [2.05, 4.69) is 25.3 Å². The Balaban J connectivity index is 2.14. The maximum absolute atomic E-state index is 11.4. The number of alkyl halides is 1. The molecule has 8 heteroatoms. The van der Waals surface area contributed by atoms with Gasteiger partial charge in [0.1, 0.15) is 16.9 Å². The topological polar surface area (TPSA) is 83.6 Å². The molecule has 2 heterocycles. The van der Waals surface area contributed by atoms with Gasteiger partial charge in [0.25, 0.3) is 5.24 Å². The van der Waals surface area contributed by atoms with E-state index in [4.69, 9.17) is 11.6 Å². The molecule has 0 aliphatic rings. The summed E-state index contributed by atoms with van der Waals surface area (Å²) in [6.07, 6.45) is 2.89. The molecule has 2 rings (SSSR count). The fourth-order valence-corrected chi connectivity index (χ4v) is 1.89. The minimum atomic E-state index is -0.199. The average Bonchev–Trinajstić information content (AvgIpc) is 2.75. The molecule has 0 saturated carbocycles. The molecule has 0 bridgehead atoms. The molecular formula is C8H8ClN5OS. The number of H-pyrrole nitrogens is 1. The van der Waals surface area contributed by atoms with Gasteiger partial charge in [-0.15, -0.1) is 11.6 Å². The Morgan fingerprint density at radius 3 is 3.19 bits per heavy atom. The van der Waals surface area contributed by atoms with Gasteiger partial charge < -0.3 is 10.3 Å². The van der Waals surface area contributed by atoms with Crippen LogP contribution in [0, 0.1) is 0 Å². The van der Waals surface area contributed by atoms with E-state index in [-0.39, 0.29) is 5.24 Å². The first-order valence-corrected chi connectivity index (χ1v) is 5.82. The van der Waals surface area contributed by atoms with Crippen LogP contribution in [0.4, 0.5) is 4.79 Å². The fraction of sp³-hybridized carbons (Fsp3) is 0.250. The first-order valence-electron chi connectivity index (χ1n) is 4.47. The Hall–Kier alpha value is -1.34. The predicted octanol–water partition coefficient (Wildman–Crippen LogP) is 1.39.